The molecular formula is C25H30FN3O5. The number of carbonyl (C=O) groups excluding carboxylic acids is 2. The van der Waals surface area contributed by atoms with Gasteiger partial charge in [-0.05, 0) is 43.2 Å². The maximum absolute atomic E-state index is 14.6. The summed E-state index contributed by atoms with van der Waals surface area (Å²) < 4.78 is 30.5. The largest absolute Gasteiger partial charge is 0.497 e. The molecule has 2 saturated heterocycles. The van der Waals surface area contributed by atoms with E-state index in [1.165, 1.54) is 20.3 Å². The van der Waals surface area contributed by atoms with Crippen molar-refractivity contribution in [3.8, 4) is 11.5 Å². The maximum atomic E-state index is 14.6. The Balaban J connectivity index is 1.33. The lowest BCUT2D eigenvalue weighted by molar-refractivity contribution is -0.121. The molecule has 1 N–H and O–H groups in total. The van der Waals surface area contributed by atoms with E-state index in [1.54, 1.807) is 35.2 Å². The van der Waals surface area contributed by atoms with Crippen molar-refractivity contribution in [3.63, 3.8) is 0 Å². The van der Waals surface area contributed by atoms with Gasteiger partial charge in [-0.15, -0.1) is 0 Å². The summed E-state index contributed by atoms with van der Waals surface area (Å²) in [5.41, 5.74) is 1.43. The highest BCUT2D eigenvalue weighted by Crippen LogP contribution is 2.27. The molecule has 0 bridgehead atoms. The van der Waals surface area contributed by atoms with Crippen molar-refractivity contribution in [1.29, 1.82) is 0 Å². The van der Waals surface area contributed by atoms with Gasteiger partial charge in [-0.2, -0.15) is 0 Å². The molecule has 2 fully saturated rings. The minimum absolute atomic E-state index is 0.128. The Bertz CT molecular complexity index is 1010. The number of amides is 2. The van der Waals surface area contributed by atoms with Crippen LogP contribution < -0.4 is 19.7 Å². The molecule has 2 aliphatic rings. The molecular weight excluding hydrogens is 441 g/mol. The molecule has 0 unspecified atom stereocenters. The van der Waals surface area contributed by atoms with Crippen LogP contribution >= 0.6 is 0 Å². The highest BCUT2D eigenvalue weighted by molar-refractivity contribution is 5.96. The number of halogens is 1. The number of piperidine rings is 1. The number of carbonyl (C=O) groups is 2. The standard InChI is InChI=1S/C25H30FN3O5/c1-32-20-13-18(14-21(16-20)33-2)25(31)29-7-5-17(6-8-29)24(30)27-19-3-4-23(22(26)15-19)28-9-11-34-12-10-28/h3-4,13-17H,5-12H2,1-2H3,(H,27,30). The van der Waals surface area contributed by atoms with Crippen molar-refractivity contribution in [2.45, 2.75) is 12.8 Å². The quantitative estimate of drug-likeness (QED) is 0.697. The molecule has 2 amide bonds. The molecule has 0 aliphatic carbocycles. The fraction of sp³-hybridized carbons (Fsp3) is 0.440. The second kappa shape index (κ2) is 10.7. The van der Waals surface area contributed by atoms with Gasteiger partial charge in [0.2, 0.25) is 5.91 Å². The Morgan fingerprint density at radius 1 is 0.971 bits per heavy atom. The fourth-order valence-electron chi connectivity index (χ4n) is 4.35. The number of morpholine rings is 1. The normalized spacial score (nSPS) is 16.8. The lowest BCUT2D eigenvalue weighted by Gasteiger charge is -2.31. The average Bonchev–Trinajstić information content (AvgIpc) is 2.88. The van der Waals surface area contributed by atoms with Crippen LogP contribution in [0, 0.1) is 11.7 Å². The van der Waals surface area contributed by atoms with Crippen molar-refractivity contribution >= 4 is 23.2 Å². The van der Waals surface area contributed by atoms with Gasteiger partial charge in [0.15, 0.2) is 0 Å². The molecule has 0 radical (unpaired) electrons. The smallest absolute Gasteiger partial charge is 0.254 e. The second-order valence-electron chi connectivity index (χ2n) is 8.42. The van der Waals surface area contributed by atoms with E-state index in [0.29, 0.717) is 80.7 Å². The van der Waals surface area contributed by atoms with Crippen molar-refractivity contribution in [1.82, 2.24) is 4.90 Å². The minimum atomic E-state index is -0.367. The van der Waals surface area contributed by atoms with Crippen molar-refractivity contribution in [2.24, 2.45) is 5.92 Å². The number of hydrogen-bond acceptors (Lipinski definition) is 6. The molecule has 4 rings (SSSR count). The zero-order valence-electron chi connectivity index (χ0n) is 19.5. The van der Waals surface area contributed by atoms with Crippen LogP contribution in [0.4, 0.5) is 15.8 Å². The van der Waals surface area contributed by atoms with Crippen LogP contribution in [0.1, 0.15) is 23.2 Å². The summed E-state index contributed by atoms with van der Waals surface area (Å²) in [6.07, 6.45) is 1.07. The van der Waals surface area contributed by atoms with Gasteiger partial charge in [-0.25, -0.2) is 4.39 Å². The number of anilines is 2. The van der Waals surface area contributed by atoms with Crippen LogP contribution in [0.15, 0.2) is 36.4 Å². The second-order valence-corrected chi connectivity index (χ2v) is 8.42. The summed E-state index contributed by atoms with van der Waals surface area (Å²) in [4.78, 5) is 29.4. The van der Waals surface area contributed by atoms with Gasteiger partial charge in [-0.1, -0.05) is 0 Å². The molecule has 0 saturated carbocycles. The van der Waals surface area contributed by atoms with Gasteiger partial charge < -0.3 is 29.3 Å². The van der Waals surface area contributed by atoms with E-state index in [-0.39, 0.29) is 23.5 Å². The lowest BCUT2D eigenvalue weighted by Crippen LogP contribution is -2.41. The third kappa shape index (κ3) is 5.41. The Morgan fingerprint density at radius 2 is 1.62 bits per heavy atom. The molecule has 2 heterocycles. The highest BCUT2D eigenvalue weighted by atomic mass is 19.1. The summed E-state index contributed by atoms with van der Waals surface area (Å²) in [5.74, 6) is 0.192. The summed E-state index contributed by atoms with van der Waals surface area (Å²) in [7, 11) is 3.07. The predicted octanol–water partition coefficient (Wildman–Crippen LogP) is 3.17. The molecule has 0 aromatic heterocycles. The van der Waals surface area contributed by atoms with Crippen LogP contribution in [0.2, 0.25) is 0 Å². The Morgan fingerprint density at radius 3 is 2.21 bits per heavy atom. The molecule has 8 nitrogen and oxygen atoms in total. The van der Waals surface area contributed by atoms with Crippen LogP contribution in [0.25, 0.3) is 0 Å². The summed E-state index contributed by atoms with van der Waals surface area (Å²) in [5, 5.41) is 2.83. The van der Waals surface area contributed by atoms with E-state index in [9.17, 15) is 14.0 Å². The van der Waals surface area contributed by atoms with Crippen LogP contribution in [-0.4, -0.2) is 70.3 Å². The molecule has 0 spiro atoms. The predicted molar refractivity (Wildman–Crippen MR) is 126 cm³/mol. The number of nitrogens with zero attached hydrogens (tertiary/aromatic N) is 2. The Kier molecular flexibility index (Phi) is 7.52. The first-order chi connectivity index (χ1) is 16.5. The first-order valence-electron chi connectivity index (χ1n) is 11.4. The highest BCUT2D eigenvalue weighted by Gasteiger charge is 2.28. The average molecular weight is 472 g/mol. The van der Waals surface area contributed by atoms with E-state index in [4.69, 9.17) is 14.2 Å². The topological polar surface area (TPSA) is 80.3 Å². The Hall–Kier alpha value is -3.33. The monoisotopic (exact) mass is 471 g/mol. The third-order valence-corrected chi connectivity index (χ3v) is 6.32. The zero-order valence-corrected chi connectivity index (χ0v) is 19.5. The lowest BCUT2D eigenvalue weighted by atomic mass is 9.95. The number of benzene rings is 2. The van der Waals surface area contributed by atoms with Gasteiger partial charge in [0.1, 0.15) is 17.3 Å². The van der Waals surface area contributed by atoms with Crippen molar-refractivity contribution in [2.75, 3.05) is 63.8 Å². The number of hydrogen-bond donors (Lipinski definition) is 1. The molecule has 9 heteroatoms. The molecule has 0 atom stereocenters. The first-order valence-corrected chi connectivity index (χ1v) is 11.4. The number of ether oxygens (including phenoxy) is 3. The van der Waals surface area contributed by atoms with E-state index >= 15 is 0 Å². The molecule has 2 aromatic carbocycles. The van der Waals surface area contributed by atoms with Crippen LogP contribution in [-0.2, 0) is 9.53 Å². The van der Waals surface area contributed by atoms with Gasteiger partial charge in [-0.3, -0.25) is 9.59 Å². The molecule has 2 aliphatic heterocycles. The fourth-order valence-corrected chi connectivity index (χ4v) is 4.35. The van der Waals surface area contributed by atoms with E-state index in [0.717, 1.165) is 0 Å². The minimum Gasteiger partial charge on any atom is -0.497 e. The SMILES string of the molecule is COc1cc(OC)cc(C(=O)N2CCC(C(=O)Nc3ccc(N4CCOCC4)c(F)c3)CC2)c1. The third-order valence-electron chi connectivity index (χ3n) is 6.32. The van der Waals surface area contributed by atoms with E-state index in [1.807, 2.05) is 4.90 Å². The number of rotatable bonds is 6. The summed E-state index contributed by atoms with van der Waals surface area (Å²) in [6, 6.07) is 9.85. The molecule has 182 valence electrons. The summed E-state index contributed by atoms with van der Waals surface area (Å²) >= 11 is 0. The van der Waals surface area contributed by atoms with Gasteiger partial charge >= 0.3 is 0 Å². The van der Waals surface area contributed by atoms with E-state index < -0.39 is 0 Å². The van der Waals surface area contributed by atoms with Crippen LogP contribution in [0.5, 0.6) is 11.5 Å². The first kappa shape index (κ1) is 23.8. The number of likely N-dealkylation sites (tertiary alicyclic amines) is 1. The Labute approximate surface area is 198 Å². The van der Waals surface area contributed by atoms with Crippen LogP contribution in [0.3, 0.4) is 0 Å². The van der Waals surface area contributed by atoms with Gasteiger partial charge in [0.25, 0.3) is 5.91 Å². The zero-order chi connectivity index (χ0) is 24.1. The van der Waals surface area contributed by atoms with Gasteiger partial charge in [0, 0.05) is 49.4 Å². The number of methoxy groups -OCH3 is 2. The maximum Gasteiger partial charge on any atom is 0.254 e. The van der Waals surface area contributed by atoms with Crippen molar-refractivity contribution in [3.05, 3.63) is 47.8 Å². The molecule has 34 heavy (non-hydrogen) atoms. The molecule has 2 aromatic rings. The van der Waals surface area contributed by atoms with Gasteiger partial charge in [0.05, 0.1) is 33.1 Å². The summed E-state index contributed by atoms with van der Waals surface area (Å²) in [6.45, 7) is 3.35. The van der Waals surface area contributed by atoms with Crippen molar-refractivity contribution < 1.29 is 28.2 Å². The van der Waals surface area contributed by atoms with E-state index in [2.05, 4.69) is 5.32 Å². The number of nitrogens with one attached hydrogen (secondary N) is 1.